The fourth-order valence-corrected chi connectivity index (χ4v) is 7.88. The first-order chi connectivity index (χ1) is 20.8. The van der Waals surface area contributed by atoms with Gasteiger partial charge in [-0.2, -0.15) is 0 Å². The average molecular weight is 585 g/mol. The number of rotatable bonds is 7. The summed E-state index contributed by atoms with van der Waals surface area (Å²) in [5.41, 5.74) is 8.42. The van der Waals surface area contributed by atoms with Gasteiger partial charge in [-0.1, -0.05) is 36.4 Å². The number of morpholine rings is 1. The van der Waals surface area contributed by atoms with E-state index < -0.39 is 5.54 Å². The van der Waals surface area contributed by atoms with Gasteiger partial charge in [-0.15, -0.1) is 0 Å². The molecule has 4 saturated heterocycles. The van der Waals surface area contributed by atoms with Crippen molar-refractivity contribution in [1.82, 2.24) is 19.6 Å². The van der Waals surface area contributed by atoms with Crippen LogP contribution in [0.25, 0.3) is 10.8 Å². The number of phenols is 1. The molecule has 0 radical (unpaired) electrons. The summed E-state index contributed by atoms with van der Waals surface area (Å²) < 4.78 is 5.50. The van der Waals surface area contributed by atoms with Crippen LogP contribution in [-0.4, -0.2) is 109 Å². The highest BCUT2D eigenvalue weighted by Gasteiger charge is 2.70. The molecule has 10 nitrogen and oxygen atoms in total. The Hall–Kier alpha value is -3.86. The largest absolute Gasteiger partial charge is 0.506 e. The summed E-state index contributed by atoms with van der Waals surface area (Å²) in [6, 6.07) is 17.6. The lowest BCUT2D eigenvalue weighted by Gasteiger charge is -2.32. The molecule has 3 aromatic rings. The van der Waals surface area contributed by atoms with E-state index in [1.165, 1.54) is 4.90 Å². The smallest absolute Gasteiger partial charge is 0.328 e. The zero-order valence-electron chi connectivity index (χ0n) is 24.9. The summed E-state index contributed by atoms with van der Waals surface area (Å²) in [7, 11) is 4.08. The zero-order chi connectivity index (χ0) is 29.9. The number of hydrogen-bond acceptors (Lipinski definition) is 8. The van der Waals surface area contributed by atoms with E-state index in [0.717, 1.165) is 47.1 Å². The number of benzene rings is 3. The Morgan fingerprint density at radius 1 is 1.00 bits per heavy atom. The minimum atomic E-state index is -0.913. The predicted octanol–water partition coefficient (Wildman–Crippen LogP) is 3.11. The van der Waals surface area contributed by atoms with Crippen molar-refractivity contribution in [3.63, 3.8) is 0 Å². The van der Waals surface area contributed by atoms with E-state index in [1.54, 1.807) is 12.1 Å². The molecule has 3 amide bonds. The van der Waals surface area contributed by atoms with Crippen LogP contribution in [0.4, 0.5) is 16.2 Å². The SMILES string of the molecule is CN(C)c1ccc(C2C[C@@H]3CN(Cc4ccc(N)c(O)c4)C[C@]34C(=O)N(CCN3CCOCC3)C(=O)N24)c2ccccc12. The second-order valence-electron chi connectivity index (χ2n) is 12.6. The maximum atomic E-state index is 14.5. The van der Waals surface area contributed by atoms with Gasteiger partial charge in [0.25, 0.3) is 5.91 Å². The van der Waals surface area contributed by atoms with Crippen molar-refractivity contribution < 1.29 is 19.4 Å². The number of carbonyl (C=O) groups is 2. The Morgan fingerprint density at radius 2 is 1.77 bits per heavy atom. The summed E-state index contributed by atoms with van der Waals surface area (Å²) in [4.78, 5) is 38.9. The molecule has 0 bridgehead atoms. The number of nitrogens with two attached hydrogens (primary N) is 1. The molecule has 4 aliphatic rings. The van der Waals surface area contributed by atoms with Crippen molar-refractivity contribution in [1.29, 1.82) is 0 Å². The summed E-state index contributed by atoms with van der Waals surface area (Å²) in [6.45, 7) is 5.72. The van der Waals surface area contributed by atoms with Crippen LogP contribution in [0.1, 0.15) is 23.6 Å². The van der Waals surface area contributed by atoms with Crippen molar-refractivity contribution in [3.8, 4) is 5.75 Å². The monoisotopic (exact) mass is 584 g/mol. The molecule has 4 heterocycles. The lowest BCUT2D eigenvalue weighted by molar-refractivity contribution is -0.133. The van der Waals surface area contributed by atoms with E-state index in [0.29, 0.717) is 51.6 Å². The fourth-order valence-electron chi connectivity index (χ4n) is 7.88. The number of hydrogen-bond donors (Lipinski definition) is 2. The van der Waals surface area contributed by atoms with Crippen molar-refractivity contribution in [2.75, 3.05) is 77.2 Å². The molecule has 226 valence electrons. The third-order valence-electron chi connectivity index (χ3n) is 9.94. The van der Waals surface area contributed by atoms with Crippen LogP contribution in [-0.2, 0) is 16.1 Å². The second-order valence-corrected chi connectivity index (χ2v) is 12.6. The van der Waals surface area contributed by atoms with Gasteiger partial charge in [-0.3, -0.25) is 19.5 Å². The van der Waals surface area contributed by atoms with Crippen molar-refractivity contribution in [3.05, 3.63) is 65.7 Å². The van der Waals surface area contributed by atoms with Crippen LogP contribution in [0, 0.1) is 5.92 Å². The quantitative estimate of drug-likeness (QED) is 0.248. The average Bonchev–Trinajstić information content (AvgIpc) is 3.58. The van der Waals surface area contributed by atoms with E-state index in [2.05, 4.69) is 45.0 Å². The first-order valence-corrected chi connectivity index (χ1v) is 15.2. The van der Waals surface area contributed by atoms with E-state index in [-0.39, 0.29) is 29.6 Å². The third-order valence-corrected chi connectivity index (χ3v) is 9.94. The molecule has 43 heavy (non-hydrogen) atoms. The van der Waals surface area contributed by atoms with Gasteiger partial charge in [-0.25, -0.2) is 4.79 Å². The molecule has 7 rings (SSSR count). The number of imide groups is 1. The lowest BCUT2D eigenvalue weighted by atomic mass is 9.87. The Morgan fingerprint density at radius 3 is 2.51 bits per heavy atom. The highest BCUT2D eigenvalue weighted by atomic mass is 16.5. The number of urea groups is 1. The third kappa shape index (κ3) is 4.51. The number of ether oxygens (including phenoxy) is 1. The molecule has 0 saturated carbocycles. The van der Waals surface area contributed by atoms with Gasteiger partial charge >= 0.3 is 6.03 Å². The van der Waals surface area contributed by atoms with Gasteiger partial charge in [0, 0.05) is 76.9 Å². The number of anilines is 2. The van der Waals surface area contributed by atoms with Crippen LogP contribution in [0.15, 0.2) is 54.6 Å². The minimum Gasteiger partial charge on any atom is -0.506 e. The van der Waals surface area contributed by atoms with Gasteiger partial charge < -0.3 is 25.4 Å². The number of fused-ring (bicyclic) bond motifs is 1. The highest BCUT2D eigenvalue weighted by molar-refractivity contribution is 6.09. The Bertz CT molecular complexity index is 1570. The van der Waals surface area contributed by atoms with Crippen LogP contribution >= 0.6 is 0 Å². The standard InChI is InChI=1S/C33H40N6O4/c1-35(2)28-10-8-26(24-5-3-4-6-25(24)28)29-18-23-20-37(19-22-7-9-27(34)30(40)17-22)21-33(23)31(41)38(32(42)39(29)33)12-11-36-13-15-43-16-14-36/h3-10,17,23,29,40H,11-16,18-21,34H2,1-2H3/t23-,29?,33-/m1/s1. The molecule has 1 spiro atoms. The lowest BCUT2D eigenvalue weighted by Crippen LogP contribution is -2.51. The van der Waals surface area contributed by atoms with Gasteiger partial charge in [0.15, 0.2) is 0 Å². The first kappa shape index (κ1) is 27.9. The van der Waals surface area contributed by atoms with Gasteiger partial charge in [0.2, 0.25) is 0 Å². The molecule has 3 aromatic carbocycles. The first-order valence-electron chi connectivity index (χ1n) is 15.2. The topological polar surface area (TPSA) is 106 Å². The Balaban J connectivity index is 1.24. The number of phenolic OH excluding ortho intramolecular Hbond substituents is 1. The maximum absolute atomic E-state index is 14.5. The molecule has 0 aromatic heterocycles. The van der Waals surface area contributed by atoms with Crippen molar-refractivity contribution in [2.45, 2.75) is 24.5 Å². The van der Waals surface area contributed by atoms with Crippen LogP contribution in [0.2, 0.25) is 0 Å². The second kappa shape index (κ2) is 10.7. The van der Waals surface area contributed by atoms with E-state index in [9.17, 15) is 14.7 Å². The summed E-state index contributed by atoms with van der Waals surface area (Å²) in [6.07, 6.45) is 0.726. The molecule has 4 fully saturated rings. The van der Waals surface area contributed by atoms with E-state index in [4.69, 9.17) is 10.5 Å². The molecule has 4 aliphatic heterocycles. The van der Waals surface area contributed by atoms with Gasteiger partial charge in [0.05, 0.1) is 24.9 Å². The molecule has 0 aliphatic carbocycles. The zero-order valence-corrected chi connectivity index (χ0v) is 24.9. The predicted molar refractivity (Wildman–Crippen MR) is 166 cm³/mol. The van der Waals surface area contributed by atoms with Crippen LogP contribution in [0.3, 0.4) is 0 Å². The van der Waals surface area contributed by atoms with Crippen LogP contribution in [0.5, 0.6) is 5.75 Å². The summed E-state index contributed by atoms with van der Waals surface area (Å²) >= 11 is 0. The molecule has 3 atom stereocenters. The Kier molecular flexibility index (Phi) is 6.95. The van der Waals surface area contributed by atoms with Crippen molar-refractivity contribution in [2.24, 2.45) is 5.92 Å². The molecule has 10 heteroatoms. The van der Waals surface area contributed by atoms with E-state index >= 15 is 0 Å². The number of aromatic hydroxyl groups is 1. The van der Waals surface area contributed by atoms with Gasteiger partial charge in [-0.05, 0) is 41.1 Å². The van der Waals surface area contributed by atoms with Gasteiger partial charge in [0.1, 0.15) is 11.3 Å². The minimum absolute atomic E-state index is 0.00278. The number of likely N-dealkylation sites (tertiary alicyclic amines) is 1. The fraction of sp³-hybridized carbons (Fsp3) is 0.455. The molecular weight excluding hydrogens is 544 g/mol. The molecule has 1 unspecified atom stereocenters. The molecule has 3 N–H and O–H groups in total. The van der Waals surface area contributed by atoms with Crippen LogP contribution < -0.4 is 10.6 Å². The molecular formula is C33H40N6O4. The Labute approximate surface area is 252 Å². The summed E-state index contributed by atoms with van der Waals surface area (Å²) in [5.74, 6) is -0.0154. The number of nitrogens with zero attached hydrogens (tertiary/aromatic N) is 5. The maximum Gasteiger partial charge on any atom is 0.328 e. The summed E-state index contributed by atoms with van der Waals surface area (Å²) in [5, 5.41) is 12.5. The highest BCUT2D eigenvalue weighted by Crippen LogP contribution is 2.56. The number of nitrogen functional groups attached to an aromatic ring is 1. The number of amides is 3. The number of carbonyl (C=O) groups excluding carboxylic acids is 2. The van der Waals surface area contributed by atoms with Crippen molar-refractivity contribution >= 4 is 34.1 Å². The van der Waals surface area contributed by atoms with E-state index in [1.807, 2.05) is 31.1 Å². The normalized spacial score (nSPS) is 26.0.